The molecule has 0 N–H and O–H groups in total. The van der Waals surface area contributed by atoms with Crippen LogP contribution in [-0.2, 0) is 19.4 Å². The summed E-state index contributed by atoms with van der Waals surface area (Å²) >= 11 is 3.18. The fourth-order valence-electron chi connectivity index (χ4n) is 3.12. The van der Waals surface area contributed by atoms with Gasteiger partial charge in [-0.05, 0) is 37.5 Å². The van der Waals surface area contributed by atoms with Gasteiger partial charge in [0.05, 0.1) is 10.6 Å². The first-order chi connectivity index (χ1) is 10.9. The van der Waals surface area contributed by atoms with Gasteiger partial charge in [-0.15, -0.1) is 0 Å². The summed E-state index contributed by atoms with van der Waals surface area (Å²) in [7, 11) is 0. The molecule has 2 aromatic rings. The smallest absolute Gasteiger partial charge is 0.292 e. The van der Waals surface area contributed by atoms with Crippen LogP contribution in [0.4, 0.5) is 10.1 Å². The molecule has 0 saturated heterocycles. The first kappa shape index (κ1) is 15.9. The Kier molecular flexibility index (Phi) is 4.06. The van der Waals surface area contributed by atoms with Gasteiger partial charge in [-0.3, -0.25) is 14.9 Å². The van der Waals surface area contributed by atoms with Crippen LogP contribution in [0.5, 0.6) is 0 Å². The minimum Gasteiger partial charge on any atom is -0.306 e. The highest BCUT2D eigenvalue weighted by Gasteiger charge is 2.30. The van der Waals surface area contributed by atoms with E-state index < -0.39 is 10.7 Å². The van der Waals surface area contributed by atoms with Crippen molar-refractivity contribution in [3.05, 3.63) is 71.3 Å². The van der Waals surface area contributed by atoms with Crippen LogP contribution >= 0.6 is 15.9 Å². The second-order valence-corrected chi connectivity index (χ2v) is 6.54. The van der Waals surface area contributed by atoms with Crippen molar-refractivity contribution in [3.63, 3.8) is 0 Å². The van der Waals surface area contributed by atoms with Crippen molar-refractivity contribution in [2.75, 3.05) is 0 Å². The molecule has 5 nitrogen and oxygen atoms in total. The van der Waals surface area contributed by atoms with E-state index in [9.17, 15) is 19.3 Å². The molecule has 1 aromatic heterocycles. The molecule has 0 atom stereocenters. The number of rotatable bonds is 3. The zero-order chi connectivity index (χ0) is 16.7. The van der Waals surface area contributed by atoms with E-state index in [0.29, 0.717) is 46.2 Å². The summed E-state index contributed by atoms with van der Waals surface area (Å²) in [5.74, 6) is -0.450. The monoisotopic (exact) mass is 380 g/mol. The van der Waals surface area contributed by atoms with Crippen LogP contribution in [0.15, 0.2) is 27.5 Å². The molecule has 7 heteroatoms. The van der Waals surface area contributed by atoms with Crippen LogP contribution < -0.4 is 5.56 Å². The number of fused-ring (bicyclic) bond motifs is 1. The van der Waals surface area contributed by atoms with E-state index in [-0.39, 0.29) is 17.7 Å². The van der Waals surface area contributed by atoms with Gasteiger partial charge in [0, 0.05) is 28.6 Å². The standard InChI is InChI=1S/C16H14BrFN2O3/c1-9-12(7-10-4-5-11(17)8-13(10)18)15(20(22)23)14-3-2-6-19(14)16(9)21/h4-5,8H,2-3,6-7H2,1H3. The minimum atomic E-state index is -0.450. The molecule has 0 radical (unpaired) electrons. The summed E-state index contributed by atoms with van der Waals surface area (Å²) in [6.07, 6.45) is 1.25. The summed E-state index contributed by atoms with van der Waals surface area (Å²) in [5.41, 5.74) is 1.18. The summed E-state index contributed by atoms with van der Waals surface area (Å²) in [4.78, 5) is 23.5. The van der Waals surface area contributed by atoms with Gasteiger partial charge in [-0.1, -0.05) is 22.0 Å². The topological polar surface area (TPSA) is 65.1 Å². The van der Waals surface area contributed by atoms with Gasteiger partial charge < -0.3 is 4.57 Å². The molecule has 0 amide bonds. The molecular weight excluding hydrogens is 367 g/mol. The van der Waals surface area contributed by atoms with E-state index in [1.54, 1.807) is 19.1 Å². The molecule has 120 valence electrons. The summed E-state index contributed by atoms with van der Waals surface area (Å²) in [5, 5.41) is 11.6. The quantitative estimate of drug-likeness (QED) is 0.604. The SMILES string of the molecule is Cc1c(Cc2ccc(Br)cc2F)c([N+](=O)[O-])c2n(c1=O)CCC2. The first-order valence-electron chi connectivity index (χ1n) is 7.23. The lowest BCUT2D eigenvalue weighted by Crippen LogP contribution is -2.25. The maximum absolute atomic E-state index is 14.1. The third-order valence-electron chi connectivity index (χ3n) is 4.26. The normalized spacial score (nSPS) is 13.2. The van der Waals surface area contributed by atoms with Gasteiger partial charge in [-0.25, -0.2) is 4.39 Å². The molecular formula is C16H14BrFN2O3. The fourth-order valence-corrected chi connectivity index (χ4v) is 3.45. The van der Waals surface area contributed by atoms with Crippen molar-refractivity contribution < 1.29 is 9.31 Å². The number of hydrogen-bond donors (Lipinski definition) is 0. The Labute approximate surface area is 140 Å². The van der Waals surface area contributed by atoms with E-state index in [0.717, 1.165) is 0 Å². The number of hydrogen-bond acceptors (Lipinski definition) is 3. The molecule has 2 heterocycles. The van der Waals surface area contributed by atoms with Gasteiger partial charge in [0.1, 0.15) is 5.82 Å². The van der Waals surface area contributed by atoms with Gasteiger partial charge in [0.2, 0.25) is 0 Å². The molecule has 23 heavy (non-hydrogen) atoms. The van der Waals surface area contributed by atoms with Gasteiger partial charge in [0.15, 0.2) is 0 Å². The van der Waals surface area contributed by atoms with E-state index >= 15 is 0 Å². The Morgan fingerprint density at radius 1 is 1.43 bits per heavy atom. The highest BCUT2D eigenvalue weighted by atomic mass is 79.9. The zero-order valence-electron chi connectivity index (χ0n) is 12.4. The Hall–Kier alpha value is -2.02. The van der Waals surface area contributed by atoms with Crippen molar-refractivity contribution in [2.45, 2.75) is 32.7 Å². The van der Waals surface area contributed by atoms with Gasteiger partial charge in [0.25, 0.3) is 11.2 Å². The maximum Gasteiger partial charge on any atom is 0.292 e. The van der Waals surface area contributed by atoms with Crippen LogP contribution in [0.2, 0.25) is 0 Å². The van der Waals surface area contributed by atoms with Crippen molar-refractivity contribution in [2.24, 2.45) is 0 Å². The predicted molar refractivity (Wildman–Crippen MR) is 87.3 cm³/mol. The molecule has 1 aromatic carbocycles. The van der Waals surface area contributed by atoms with Crippen LogP contribution in [0.3, 0.4) is 0 Å². The number of halogens is 2. The largest absolute Gasteiger partial charge is 0.306 e. The number of nitro groups is 1. The highest BCUT2D eigenvalue weighted by Crippen LogP contribution is 2.31. The van der Waals surface area contributed by atoms with Crippen LogP contribution in [0, 0.1) is 22.9 Å². The van der Waals surface area contributed by atoms with Crippen LogP contribution in [0.1, 0.15) is 28.8 Å². The lowest BCUT2D eigenvalue weighted by atomic mass is 9.98. The van der Waals surface area contributed by atoms with Gasteiger partial charge >= 0.3 is 0 Å². The molecule has 0 saturated carbocycles. The second kappa shape index (κ2) is 5.88. The molecule has 1 aliphatic rings. The average molecular weight is 381 g/mol. The molecule has 0 spiro atoms. The van der Waals surface area contributed by atoms with Crippen molar-refractivity contribution in [3.8, 4) is 0 Å². The third-order valence-corrected chi connectivity index (χ3v) is 4.76. The Balaban J connectivity index is 2.21. The summed E-state index contributed by atoms with van der Waals surface area (Å²) in [6.45, 7) is 2.08. The molecule has 0 unspecified atom stereocenters. The third kappa shape index (κ3) is 2.69. The molecule has 3 rings (SSSR count). The Morgan fingerprint density at radius 2 is 2.17 bits per heavy atom. The van der Waals surface area contributed by atoms with Crippen LogP contribution in [-0.4, -0.2) is 9.49 Å². The van der Waals surface area contributed by atoms with Crippen LogP contribution in [0.25, 0.3) is 0 Å². The minimum absolute atomic E-state index is 0.0321. The van der Waals surface area contributed by atoms with E-state index in [4.69, 9.17) is 0 Å². The zero-order valence-corrected chi connectivity index (χ0v) is 14.0. The van der Waals surface area contributed by atoms with Crippen molar-refractivity contribution >= 4 is 21.6 Å². The van der Waals surface area contributed by atoms with Crippen molar-refractivity contribution in [1.29, 1.82) is 0 Å². The number of pyridine rings is 1. The molecule has 1 aliphatic heterocycles. The second-order valence-electron chi connectivity index (χ2n) is 5.63. The maximum atomic E-state index is 14.1. The first-order valence-corrected chi connectivity index (χ1v) is 8.03. The predicted octanol–water partition coefficient (Wildman–Crippen LogP) is 3.50. The van der Waals surface area contributed by atoms with E-state index in [1.165, 1.54) is 10.6 Å². The average Bonchev–Trinajstić information content (AvgIpc) is 2.96. The Bertz CT molecular complexity index is 877. The highest BCUT2D eigenvalue weighted by molar-refractivity contribution is 9.10. The molecule has 0 aliphatic carbocycles. The Morgan fingerprint density at radius 3 is 2.83 bits per heavy atom. The summed E-state index contributed by atoms with van der Waals surface area (Å²) in [6, 6.07) is 4.57. The summed E-state index contributed by atoms with van der Waals surface area (Å²) < 4.78 is 16.2. The van der Waals surface area contributed by atoms with Crippen molar-refractivity contribution in [1.82, 2.24) is 4.57 Å². The number of aromatic nitrogens is 1. The number of nitrogens with zero attached hydrogens (tertiary/aromatic N) is 2. The molecule has 0 fully saturated rings. The fraction of sp³-hybridized carbons (Fsp3) is 0.312. The van der Waals surface area contributed by atoms with E-state index in [2.05, 4.69) is 15.9 Å². The van der Waals surface area contributed by atoms with Gasteiger partial charge in [-0.2, -0.15) is 0 Å². The molecule has 0 bridgehead atoms. The number of benzene rings is 1. The lowest BCUT2D eigenvalue weighted by molar-refractivity contribution is -0.386. The van der Waals surface area contributed by atoms with E-state index in [1.807, 2.05) is 0 Å². The lowest BCUT2D eigenvalue weighted by Gasteiger charge is -2.12.